The number of ether oxygens (including phenoxy) is 1. The summed E-state index contributed by atoms with van der Waals surface area (Å²) in [5.74, 6) is 5.79. The van der Waals surface area contributed by atoms with Gasteiger partial charge in [0, 0.05) is 49.8 Å². The molecule has 0 atom stereocenters. The fraction of sp³-hybridized carbons (Fsp3) is 0.559. The van der Waals surface area contributed by atoms with Crippen LogP contribution < -0.4 is 20.4 Å². The monoisotopic (exact) mass is 689 g/mol. The van der Waals surface area contributed by atoms with E-state index in [2.05, 4.69) is 42.9 Å². The second-order valence-electron chi connectivity index (χ2n) is 13.2. The van der Waals surface area contributed by atoms with Crippen molar-refractivity contribution in [3.05, 3.63) is 42.5 Å². The Bertz CT molecular complexity index is 1560. The van der Waals surface area contributed by atoms with Crippen molar-refractivity contribution in [1.82, 2.24) is 9.88 Å². The van der Waals surface area contributed by atoms with Gasteiger partial charge >= 0.3 is 16.1 Å². The molecule has 1 aromatic heterocycles. The number of aromatic nitrogens is 1. The van der Waals surface area contributed by atoms with Gasteiger partial charge in [-0.25, -0.2) is 15.8 Å². The van der Waals surface area contributed by atoms with Crippen LogP contribution in [0.15, 0.2) is 47.4 Å². The number of amides is 1. The van der Waals surface area contributed by atoms with Gasteiger partial charge in [-0.1, -0.05) is 30.6 Å². The lowest BCUT2D eigenvalue weighted by molar-refractivity contribution is -0.154. The van der Waals surface area contributed by atoms with E-state index in [4.69, 9.17) is 14.8 Å². The van der Waals surface area contributed by atoms with Crippen LogP contribution in [0.3, 0.4) is 0 Å². The average molecular weight is 690 g/mol. The third kappa shape index (κ3) is 12.4. The number of nitrogens with one attached hydrogen (secondary N) is 1. The molecule has 3 aromatic rings. The van der Waals surface area contributed by atoms with Crippen LogP contribution in [0.5, 0.6) is 5.75 Å². The van der Waals surface area contributed by atoms with E-state index >= 15 is 0 Å². The Kier molecular flexibility index (Phi) is 14.0. The lowest BCUT2D eigenvalue weighted by Gasteiger charge is -2.30. The molecule has 3 rings (SSSR count). The van der Waals surface area contributed by atoms with E-state index in [0.29, 0.717) is 40.3 Å². The molecule has 0 bridgehead atoms. The van der Waals surface area contributed by atoms with Gasteiger partial charge in [0.15, 0.2) is 0 Å². The van der Waals surface area contributed by atoms with Crippen LogP contribution >= 0.6 is 11.3 Å². The van der Waals surface area contributed by atoms with Crippen molar-refractivity contribution < 1.29 is 26.9 Å². The first kappa shape index (κ1) is 38.2. The van der Waals surface area contributed by atoms with E-state index in [1.54, 1.807) is 24.3 Å². The molecule has 0 aliphatic heterocycles. The van der Waals surface area contributed by atoms with E-state index in [1.165, 1.54) is 29.5 Å². The lowest BCUT2D eigenvalue weighted by atomic mass is 10.1. The Morgan fingerprint density at radius 1 is 0.936 bits per heavy atom. The van der Waals surface area contributed by atoms with Crippen molar-refractivity contribution in [2.24, 2.45) is 5.84 Å². The molecule has 0 radical (unpaired) electrons. The number of rotatable bonds is 18. The van der Waals surface area contributed by atoms with Crippen LogP contribution in [0.2, 0.25) is 0 Å². The van der Waals surface area contributed by atoms with Gasteiger partial charge in [-0.15, -0.1) is 0 Å². The number of unbranched alkanes of at least 4 members (excludes halogenated alkanes) is 4. The van der Waals surface area contributed by atoms with Crippen LogP contribution in [-0.4, -0.2) is 61.0 Å². The van der Waals surface area contributed by atoms with E-state index in [-0.39, 0.29) is 28.9 Å². The first-order chi connectivity index (χ1) is 22.1. The normalized spacial score (nSPS) is 12.2. The zero-order valence-corrected chi connectivity index (χ0v) is 30.4. The SMILES string of the molecule is CC(C)N(CCNc1ccc(S(=O)(=O)Oc2ccc3nc(N(N)C(=O)CCCCCCCC(=O)OC(C)(C)C)sc3c2)cc1)C(C)C. The Balaban J connectivity index is 1.48. The Hall–Kier alpha value is -3.26. The third-order valence-corrected chi connectivity index (χ3v) is 9.67. The highest BCUT2D eigenvalue weighted by Crippen LogP contribution is 2.32. The highest BCUT2D eigenvalue weighted by atomic mass is 32.2. The van der Waals surface area contributed by atoms with E-state index in [1.807, 2.05) is 20.8 Å². The summed E-state index contributed by atoms with van der Waals surface area (Å²) in [6.07, 6.45) is 4.73. The van der Waals surface area contributed by atoms with E-state index < -0.39 is 15.7 Å². The molecule has 0 saturated carbocycles. The molecule has 1 amide bonds. The summed E-state index contributed by atoms with van der Waals surface area (Å²) in [6, 6.07) is 12.1. The maximum atomic E-state index is 13.0. The second-order valence-corrected chi connectivity index (χ2v) is 15.7. The minimum absolute atomic E-state index is 0.0425. The third-order valence-electron chi connectivity index (χ3n) is 7.39. The van der Waals surface area contributed by atoms with Crippen molar-refractivity contribution in [2.75, 3.05) is 23.4 Å². The Morgan fingerprint density at radius 2 is 1.55 bits per heavy atom. The molecule has 2 aromatic carbocycles. The molecular weight excluding hydrogens is 639 g/mol. The second kappa shape index (κ2) is 17.2. The average Bonchev–Trinajstić information content (AvgIpc) is 3.40. The Labute approximate surface area is 283 Å². The molecule has 11 nitrogen and oxygen atoms in total. The van der Waals surface area contributed by atoms with E-state index in [9.17, 15) is 18.0 Å². The molecule has 3 N–H and O–H groups in total. The lowest BCUT2D eigenvalue weighted by Crippen LogP contribution is -2.40. The smallest absolute Gasteiger partial charge is 0.339 e. The number of nitrogens with two attached hydrogens (primary N) is 1. The van der Waals surface area contributed by atoms with Crippen LogP contribution in [0.25, 0.3) is 10.2 Å². The summed E-state index contributed by atoms with van der Waals surface area (Å²) in [7, 11) is -4.07. The number of thiazole rings is 1. The van der Waals surface area contributed by atoms with Gasteiger partial charge in [0.05, 0.1) is 10.2 Å². The topological polar surface area (TPSA) is 144 Å². The molecule has 47 heavy (non-hydrogen) atoms. The van der Waals surface area contributed by atoms with Crippen molar-refractivity contribution in [3.8, 4) is 5.75 Å². The van der Waals surface area contributed by atoms with Gasteiger partial charge in [-0.2, -0.15) is 8.42 Å². The van der Waals surface area contributed by atoms with Crippen LogP contribution in [0, 0.1) is 0 Å². The van der Waals surface area contributed by atoms with Gasteiger partial charge in [0.25, 0.3) is 0 Å². The number of benzene rings is 2. The zero-order valence-electron chi connectivity index (χ0n) is 28.7. The molecular formula is C34H51N5O6S2. The maximum absolute atomic E-state index is 13.0. The number of nitrogens with zero attached hydrogens (tertiary/aromatic N) is 3. The fourth-order valence-corrected chi connectivity index (χ4v) is 6.96. The zero-order chi connectivity index (χ0) is 34.8. The molecule has 0 unspecified atom stereocenters. The predicted molar refractivity (Wildman–Crippen MR) is 189 cm³/mol. The molecule has 1 heterocycles. The van der Waals surface area contributed by atoms with Gasteiger partial charge in [0.2, 0.25) is 11.0 Å². The quantitative estimate of drug-likeness (QED) is 0.0362. The molecule has 13 heteroatoms. The number of esters is 1. The molecule has 0 aliphatic rings. The molecule has 0 saturated heterocycles. The van der Waals surface area contributed by atoms with Crippen LogP contribution in [0.4, 0.5) is 10.8 Å². The molecule has 0 aliphatic carbocycles. The summed E-state index contributed by atoms with van der Waals surface area (Å²) in [5.41, 5.74) is 0.930. The summed E-state index contributed by atoms with van der Waals surface area (Å²) in [5, 5.41) is 4.71. The number of hydrogen-bond donors (Lipinski definition) is 2. The van der Waals surface area contributed by atoms with Gasteiger partial charge in [0.1, 0.15) is 16.2 Å². The minimum Gasteiger partial charge on any atom is -0.460 e. The minimum atomic E-state index is -4.07. The van der Waals surface area contributed by atoms with Gasteiger partial charge in [-0.05, 0) is 97.7 Å². The van der Waals surface area contributed by atoms with Crippen molar-refractivity contribution in [2.45, 2.75) is 116 Å². The van der Waals surface area contributed by atoms with Crippen molar-refractivity contribution in [1.29, 1.82) is 0 Å². The number of carbonyl (C=O) groups excluding carboxylic acids is 2. The number of hydrazine groups is 1. The molecule has 0 fully saturated rings. The summed E-state index contributed by atoms with van der Waals surface area (Å²) in [6.45, 7) is 15.8. The van der Waals surface area contributed by atoms with Gasteiger partial charge in [-0.3, -0.25) is 14.5 Å². The first-order valence-electron chi connectivity index (χ1n) is 16.3. The largest absolute Gasteiger partial charge is 0.460 e. The first-order valence-corrected chi connectivity index (χ1v) is 18.5. The number of hydrogen-bond acceptors (Lipinski definition) is 11. The van der Waals surface area contributed by atoms with E-state index in [0.717, 1.165) is 49.5 Å². The predicted octanol–water partition coefficient (Wildman–Crippen LogP) is 6.87. The van der Waals surface area contributed by atoms with Crippen molar-refractivity contribution in [3.63, 3.8) is 0 Å². The molecule has 0 spiro atoms. The Morgan fingerprint density at radius 3 is 2.17 bits per heavy atom. The highest BCUT2D eigenvalue weighted by molar-refractivity contribution is 7.87. The summed E-state index contributed by atoms with van der Waals surface area (Å²) in [4.78, 5) is 31.4. The van der Waals surface area contributed by atoms with Gasteiger partial charge < -0.3 is 14.2 Å². The molecule has 260 valence electrons. The maximum Gasteiger partial charge on any atom is 0.339 e. The fourth-order valence-electron chi connectivity index (χ4n) is 5.10. The standard InChI is InChI=1S/C34H51N5O6S2/c1-24(2)38(25(3)4)22-21-36-26-15-18-28(19-16-26)47(42,43)45-27-17-20-29-30(23-27)46-33(37-29)39(35)31(40)13-11-9-8-10-12-14-32(41)44-34(5,6)7/h15-20,23-25,36H,8-14,21-22,35H2,1-7H3. The van der Waals surface area contributed by atoms with Crippen molar-refractivity contribution >= 4 is 54.4 Å². The highest BCUT2D eigenvalue weighted by Gasteiger charge is 2.20. The summed E-state index contributed by atoms with van der Waals surface area (Å²) < 4.78 is 37.4. The van der Waals surface area contributed by atoms with Crippen LogP contribution in [0.1, 0.15) is 93.4 Å². The number of anilines is 2. The van der Waals surface area contributed by atoms with Crippen LogP contribution in [-0.2, 0) is 24.4 Å². The number of carbonyl (C=O) groups is 2. The number of fused-ring (bicyclic) bond motifs is 1. The summed E-state index contributed by atoms with van der Waals surface area (Å²) >= 11 is 1.18.